The molecule has 0 saturated heterocycles. The lowest BCUT2D eigenvalue weighted by Crippen LogP contribution is -2.32. The molecule has 0 spiro atoms. The molecular formula is C24H20ClN3O5. The van der Waals surface area contributed by atoms with Crippen molar-refractivity contribution in [2.45, 2.75) is 6.92 Å². The van der Waals surface area contributed by atoms with Crippen molar-refractivity contribution in [1.29, 1.82) is 0 Å². The minimum Gasteiger partial charge on any atom is -0.497 e. The molecule has 2 N–H and O–H groups in total. The van der Waals surface area contributed by atoms with Gasteiger partial charge in [-0.1, -0.05) is 29.8 Å². The lowest BCUT2D eigenvalue weighted by Gasteiger charge is -2.06. The Balaban J connectivity index is 1.55. The van der Waals surface area contributed by atoms with Gasteiger partial charge in [-0.05, 0) is 66.6 Å². The van der Waals surface area contributed by atoms with Gasteiger partial charge in [0.15, 0.2) is 0 Å². The first-order valence-corrected chi connectivity index (χ1v) is 10.1. The van der Waals surface area contributed by atoms with Crippen LogP contribution in [0.25, 0.3) is 0 Å². The number of benzene rings is 3. The van der Waals surface area contributed by atoms with Gasteiger partial charge in [0.1, 0.15) is 11.5 Å². The number of halogens is 1. The van der Waals surface area contributed by atoms with E-state index in [4.69, 9.17) is 21.1 Å². The highest BCUT2D eigenvalue weighted by Crippen LogP contribution is 2.20. The van der Waals surface area contributed by atoms with Crippen LogP contribution in [0.15, 0.2) is 71.8 Å². The summed E-state index contributed by atoms with van der Waals surface area (Å²) in [5.41, 5.74) is 4.28. The molecule has 3 rings (SSSR count). The quantitative estimate of drug-likeness (QED) is 0.188. The largest absolute Gasteiger partial charge is 0.497 e. The summed E-state index contributed by atoms with van der Waals surface area (Å²) in [4.78, 5) is 36.2. The minimum atomic E-state index is -0.954. The van der Waals surface area contributed by atoms with Gasteiger partial charge in [-0.2, -0.15) is 5.10 Å². The van der Waals surface area contributed by atoms with Crippen LogP contribution in [0.3, 0.4) is 0 Å². The van der Waals surface area contributed by atoms with Crippen molar-refractivity contribution in [1.82, 2.24) is 5.43 Å². The van der Waals surface area contributed by atoms with Crippen LogP contribution in [-0.4, -0.2) is 31.1 Å². The molecule has 9 heteroatoms. The van der Waals surface area contributed by atoms with E-state index in [0.717, 1.165) is 5.56 Å². The van der Waals surface area contributed by atoms with Crippen LogP contribution in [0.4, 0.5) is 5.69 Å². The fraction of sp³-hybridized carbons (Fsp3) is 0.0833. The number of hydrazone groups is 1. The molecule has 0 aliphatic carbocycles. The summed E-state index contributed by atoms with van der Waals surface area (Å²) < 4.78 is 10.4. The van der Waals surface area contributed by atoms with E-state index in [1.54, 1.807) is 66.7 Å². The molecule has 0 radical (unpaired) electrons. The fourth-order valence-corrected chi connectivity index (χ4v) is 2.81. The van der Waals surface area contributed by atoms with Crippen LogP contribution in [0, 0.1) is 6.92 Å². The molecule has 8 nitrogen and oxygen atoms in total. The number of carbonyl (C=O) groups is 3. The van der Waals surface area contributed by atoms with Crippen molar-refractivity contribution in [2.75, 3.05) is 12.4 Å². The van der Waals surface area contributed by atoms with Crippen molar-refractivity contribution < 1.29 is 23.9 Å². The number of rotatable bonds is 6. The number of hydrogen-bond acceptors (Lipinski definition) is 6. The van der Waals surface area contributed by atoms with E-state index >= 15 is 0 Å². The van der Waals surface area contributed by atoms with Crippen molar-refractivity contribution in [3.63, 3.8) is 0 Å². The van der Waals surface area contributed by atoms with E-state index < -0.39 is 17.8 Å². The van der Waals surface area contributed by atoms with Gasteiger partial charge in [0.05, 0.1) is 18.9 Å². The Kier molecular flexibility index (Phi) is 7.77. The summed E-state index contributed by atoms with van der Waals surface area (Å²) >= 11 is 6.01. The third kappa shape index (κ3) is 6.65. The summed E-state index contributed by atoms with van der Waals surface area (Å²) in [5, 5.41) is 6.68. The van der Waals surface area contributed by atoms with Crippen molar-refractivity contribution in [2.24, 2.45) is 5.10 Å². The SMILES string of the molecule is COc1ccc(C(=O)Oc2cccc(C=NNC(=O)C(=O)Nc3ccc(C)c(Cl)c3)c2)cc1. The number of amides is 2. The first kappa shape index (κ1) is 23.5. The maximum Gasteiger partial charge on any atom is 0.343 e. The Hall–Kier alpha value is -4.17. The van der Waals surface area contributed by atoms with Gasteiger partial charge in [-0.15, -0.1) is 0 Å². The number of esters is 1. The fourth-order valence-electron chi connectivity index (χ4n) is 2.63. The lowest BCUT2D eigenvalue weighted by molar-refractivity contribution is -0.136. The smallest absolute Gasteiger partial charge is 0.343 e. The van der Waals surface area contributed by atoms with Crippen LogP contribution in [0.1, 0.15) is 21.5 Å². The van der Waals surface area contributed by atoms with Crippen LogP contribution < -0.4 is 20.2 Å². The van der Waals surface area contributed by atoms with Gasteiger partial charge in [0, 0.05) is 10.7 Å². The summed E-state index contributed by atoms with van der Waals surface area (Å²) in [5.74, 6) is -1.46. The molecular weight excluding hydrogens is 446 g/mol. The number of methoxy groups -OCH3 is 1. The van der Waals surface area contributed by atoms with Gasteiger partial charge >= 0.3 is 17.8 Å². The second-order valence-corrected chi connectivity index (χ2v) is 7.21. The summed E-state index contributed by atoms with van der Waals surface area (Å²) in [6.45, 7) is 1.82. The van der Waals surface area contributed by atoms with E-state index in [0.29, 0.717) is 33.3 Å². The number of nitrogens with one attached hydrogen (secondary N) is 2. The molecule has 0 bridgehead atoms. The molecule has 3 aromatic rings. The number of nitrogens with zero attached hydrogens (tertiary/aromatic N) is 1. The van der Waals surface area contributed by atoms with Crippen molar-refractivity contribution >= 4 is 41.3 Å². The average Bonchev–Trinajstić information content (AvgIpc) is 2.81. The van der Waals surface area contributed by atoms with E-state index in [1.165, 1.54) is 13.3 Å². The Morgan fingerprint density at radius 1 is 0.939 bits per heavy atom. The summed E-state index contributed by atoms with van der Waals surface area (Å²) in [7, 11) is 1.54. The lowest BCUT2D eigenvalue weighted by atomic mass is 10.2. The van der Waals surface area contributed by atoms with Gasteiger partial charge in [0.25, 0.3) is 0 Å². The van der Waals surface area contributed by atoms with E-state index in [9.17, 15) is 14.4 Å². The predicted molar refractivity (Wildman–Crippen MR) is 125 cm³/mol. The molecule has 3 aromatic carbocycles. The van der Waals surface area contributed by atoms with Crippen LogP contribution in [0.2, 0.25) is 5.02 Å². The minimum absolute atomic E-state index is 0.292. The number of anilines is 1. The molecule has 0 unspecified atom stereocenters. The van der Waals surface area contributed by atoms with Crippen LogP contribution >= 0.6 is 11.6 Å². The summed E-state index contributed by atoms with van der Waals surface area (Å²) in [6.07, 6.45) is 1.32. The Morgan fingerprint density at radius 3 is 2.39 bits per heavy atom. The van der Waals surface area contributed by atoms with Gasteiger partial charge < -0.3 is 14.8 Å². The molecule has 0 heterocycles. The maximum atomic E-state index is 12.3. The highest BCUT2D eigenvalue weighted by molar-refractivity contribution is 6.39. The highest BCUT2D eigenvalue weighted by Gasteiger charge is 2.13. The second kappa shape index (κ2) is 10.9. The van der Waals surface area contributed by atoms with E-state index in [1.807, 2.05) is 6.92 Å². The third-order valence-electron chi connectivity index (χ3n) is 4.41. The molecule has 0 atom stereocenters. The Bertz CT molecular complexity index is 1210. The Labute approximate surface area is 195 Å². The van der Waals surface area contributed by atoms with Gasteiger partial charge in [-0.25, -0.2) is 10.2 Å². The standard InChI is InChI=1S/C24H20ClN3O5/c1-15-6-9-18(13-21(15)25)27-22(29)23(30)28-26-14-16-4-3-5-20(12-16)33-24(31)17-7-10-19(32-2)11-8-17/h3-14H,1-2H3,(H,27,29)(H,28,30). The highest BCUT2D eigenvalue weighted by atomic mass is 35.5. The molecule has 33 heavy (non-hydrogen) atoms. The normalized spacial score (nSPS) is 10.5. The average molecular weight is 466 g/mol. The monoisotopic (exact) mass is 465 g/mol. The van der Waals surface area contributed by atoms with Gasteiger partial charge in [-0.3, -0.25) is 9.59 Å². The number of carbonyl (C=O) groups excluding carboxylic acids is 3. The molecule has 168 valence electrons. The zero-order valence-corrected chi connectivity index (χ0v) is 18.6. The van der Waals surface area contributed by atoms with Crippen molar-refractivity contribution in [3.8, 4) is 11.5 Å². The van der Waals surface area contributed by atoms with E-state index in [-0.39, 0.29) is 0 Å². The molecule has 0 fully saturated rings. The third-order valence-corrected chi connectivity index (χ3v) is 4.82. The summed E-state index contributed by atoms with van der Waals surface area (Å²) in [6, 6.07) is 17.9. The first-order valence-electron chi connectivity index (χ1n) is 9.72. The second-order valence-electron chi connectivity index (χ2n) is 6.81. The van der Waals surface area contributed by atoms with Gasteiger partial charge in [0.2, 0.25) is 0 Å². The topological polar surface area (TPSA) is 106 Å². The van der Waals surface area contributed by atoms with Crippen molar-refractivity contribution in [3.05, 3.63) is 88.4 Å². The molecule has 0 aliphatic heterocycles. The molecule has 0 aliphatic rings. The molecule has 0 saturated carbocycles. The first-order chi connectivity index (χ1) is 15.9. The number of ether oxygens (including phenoxy) is 2. The molecule has 0 aromatic heterocycles. The Morgan fingerprint density at radius 2 is 1.70 bits per heavy atom. The number of aryl methyl sites for hydroxylation is 1. The van der Waals surface area contributed by atoms with E-state index in [2.05, 4.69) is 15.8 Å². The predicted octanol–water partition coefficient (Wildman–Crippen LogP) is 3.97. The molecule has 2 amide bonds. The zero-order valence-electron chi connectivity index (χ0n) is 17.8. The van der Waals surface area contributed by atoms with Crippen LogP contribution in [-0.2, 0) is 9.59 Å². The number of hydrogen-bond donors (Lipinski definition) is 2. The zero-order chi connectivity index (χ0) is 23.8. The maximum absolute atomic E-state index is 12.3. The van der Waals surface area contributed by atoms with Crippen LogP contribution in [0.5, 0.6) is 11.5 Å².